The van der Waals surface area contributed by atoms with Crippen LogP contribution in [0.25, 0.3) is 21.7 Å². The number of ether oxygens (including phenoxy) is 4. The van der Waals surface area contributed by atoms with Crippen LogP contribution in [0.4, 0.5) is 22.0 Å². The van der Waals surface area contributed by atoms with Crippen molar-refractivity contribution in [1.29, 1.82) is 0 Å². The van der Waals surface area contributed by atoms with Crippen LogP contribution in [0, 0.1) is 10.1 Å². The molecule has 46 heavy (non-hydrogen) atoms. The summed E-state index contributed by atoms with van der Waals surface area (Å²) in [5.41, 5.74) is 2.85. The standard InChI is InChI=1S/C31H29ClN6O8/c1-36-29(38(41)42)18(13-33-36)15-46-31(40)35-21-11-23-25(20-8-6-5-7-19(20)21)17(12-32)14-37(23)30(39)22-9-16-10-24(43-2)27(44-3)28(45-4)26(16)34-22/h5-11,13,17,34H,12,14-15H2,1-4H3,(H,35,40). The molecule has 2 amide bonds. The summed E-state index contributed by atoms with van der Waals surface area (Å²) in [6.07, 6.45) is 0.441. The van der Waals surface area contributed by atoms with Crippen molar-refractivity contribution in [2.24, 2.45) is 7.05 Å². The number of hydrogen-bond donors (Lipinski definition) is 2. The lowest BCUT2D eigenvalue weighted by atomic mass is 9.95. The molecule has 5 aromatic rings. The molecule has 2 N–H and O–H groups in total. The first-order valence-electron chi connectivity index (χ1n) is 14.0. The fourth-order valence-corrected chi connectivity index (χ4v) is 6.23. The van der Waals surface area contributed by atoms with Gasteiger partial charge in [-0.25, -0.2) is 4.79 Å². The zero-order chi connectivity index (χ0) is 32.7. The second-order valence-corrected chi connectivity index (χ2v) is 10.8. The van der Waals surface area contributed by atoms with Crippen LogP contribution in [0.1, 0.15) is 27.5 Å². The zero-order valence-corrected chi connectivity index (χ0v) is 26.0. The number of rotatable bonds is 9. The summed E-state index contributed by atoms with van der Waals surface area (Å²) in [4.78, 5) is 42.7. The second-order valence-electron chi connectivity index (χ2n) is 10.5. The van der Waals surface area contributed by atoms with Crippen molar-refractivity contribution in [1.82, 2.24) is 14.8 Å². The number of aryl methyl sites for hydroxylation is 1. The Kier molecular flexibility index (Phi) is 8.04. The van der Waals surface area contributed by atoms with Crippen LogP contribution in [0.5, 0.6) is 17.2 Å². The SMILES string of the molecule is COc1cc2cc(C(=O)N3CC(CCl)c4c3cc(NC(=O)OCc3cnn(C)c3[N+](=O)[O-])c3ccccc43)[nH]c2c(OC)c1OC. The van der Waals surface area contributed by atoms with Gasteiger partial charge >= 0.3 is 11.9 Å². The van der Waals surface area contributed by atoms with Crippen LogP contribution < -0.4 is 24.4 Å². The number of anilines is 2. The van der Waals surface area contributed by atoms with Crippen LogP contribution >= 0.6 is 11.6 Å². The number of nitrogens with zero attached hydrogens (tertiary/aromatic N) is 4. The van der Waals surface area contributed by atoms with E-state index in [9.17, 15) is 19.7 Å². The van der Waals surface area contributed by atoms with E-state index in [1.54, 1.807) is 23.1 Å². The molecule has 6 rings (SSSR count). The Bertz CT molecular complexity index is 2020. The molecule has 3 aromatic carbocycles. The van der Waals surface area contributed by atoms with E-state index in [1.807, 2.05) is 24.3 Å². The van der Waals surface area contributed by atoms with Gasteiger partial charge in [0, 0.05) is 29.1 Å². The summed E-state index contributed by atoms with van der Waals surface area (Å²) >= 11 is 6.45. The van der Waals surface area contributed by atoms with E-state index in [4.69, 9.17) is 30.5 Å². The lowest BCUT2D eigenvalue weighted by Gasteiger charge is -2.19. The molecule has 1 unspecified atom stereocenters. The van der Waals surface area contributed by atoms with Crippen LogP contribution in [0.2, 0.25) is 0 Å². The number of H-pyrrole nitrogens is 1. The average Bonchev–Trinajstić information content (AvgIpc) is 3.77. The van der Waals surface area contributed by atoms with Gasteiger partial charge < -0.3 is 38.9 Å². The number of benzene rings is 3. The quantitative estimate of drug-likeness (QED) is 0.116. The molecule has 238 valence electrons. The summed E-state index contributed by atoms with van der Waals surface area (Å²) < 4.78 is 23.0. The molecule has 2 aromatic heterocycles. The van der Waals surface area contributed by atoms with Gasteiger partial charge in [-0.1, -0.05) is 29.4 Å². The van der Waals surface area contributed by atoms with Crippen LogP contribution in [0.15, 0.2) is 48.7 Å². The molecule has 0 saturated heterocycles. The molecule has 15 heteroatoms. The van der Waals surface area contributed by atoms with Gasteiger partial charge in [0.25, 0.3) is 5.91 Å². The predicted octanol–water partition coefficient (Wildman–Crippen LogP) is 5.72. The van der Waals surface area contributed by atoms with Gasteiger partial charge in [-0.2, -0.15) is 0 Å². The summed E-state index contributed by atoms with van der Waals surface area (Å²) in [5.74, 6) is 0.709. The highest BCUT2D eigenvalue weighted by Crippen LogP contribution is 2.46. The summed E-state index contributed by atoms with van der Waals surface area (Å²) in [6, 6.07) is 12.6. The predicted molar refractivity (Wildman–Crippen MR) is 171 cm³/mol. The minimum atomic E-state index is -0.835. The van der Waals surface area contributed by atoms with E-state index in [0.717, 1.165) is 15.6 Å². The lowest BCUT2D eigenvalue weighted by molar-refractivity contribution is -0.393. The zero-order valence-electron chi connectivity index (χ0n) is 25.3. The van der Waals surface area contributed by atoms with Crippen LogP contribution in [0.3, 0.4) is 0 Å². The maximum absolute atomic E-state index is 14.1. The molecule has 0 fully saturated rings. The van der Waals surface area contributed by atoms with Crippen molar-refractivity contribution in [3.63, 3.8) is 0 Å². The number of nitro groups is 1. The molecule has 14 nitrogen and oxygen atoms in total. The Labute approximate surface area is 266 Å². The minimum absolute atomic E-state index is 0.147. The van der Waals surface area contributed by atoms with Gasteiger partial charge in [-0.3, -0.25) is 10.1 Å². The maximum Gasteiger partial charge on any atom is 0.411 e. The van der Waals surface area contributed by atoms with Gasteiger partial charge in [0.2, 0.25) is 5.75 Å². The number of hydrogen-bond acceptors (Lipinski definition) is 9. The van der Waals surface area contributed by atoms with E-state index in [0.29, 0.717) is 57.2 Å². The maximum atomic E-state index is 14.1. The third kappa shape index (κ3) is 5.05. The number of fused-ring (bicyclic) bond motifs is 4. The van der Waals surface area contributed by atoms with E-state index in [1.165, 1.54) is 34.6 Å². The summed E-state index contributed by atoms with van der Waals surface area (Å²) in [5, 5.41) is 20.2. The average molecular weight is 649 g/mol. The molecule has 3 heterocycles. The first-order valence-corrected chi connectivity index (χ1v) is 14.6. The number of carbonyl (C=O) groups excluding carboxylic acids is 2. The number of alkyl halides is 1. The molecule has 0 radical (unpaired) electrons. The molecule has 0 bridgehead atoms. The van der Waals surface area contributed by atoms with E-state index < -0.39 is 11.0 Å². The third-order valence-electron chi connectivity index (χ3n) is 8.00. The third-order valence-corrected chi connectivity index (χ3v) is 8.37. The molecule has 1 aliphatic heterocycles. The Hall–Kier alpha value is -5.50. The molecular formula is C31H29ClN6O8. The molecule has 0 aliphatic carbocycles. The van der Waals surface area contributed by atoms with Crippen molar-refractivity contribution >= 4 is 62.5 Å². The van der Waals surface area contributed by atoms with Crippen molar-refractivity contribution in [3.05, 3.63) is 75.6 Å². The molecule has 0 saturated carbocycles. The number of nitrogens with one attached hydrogen (secondary N) is 2. The van der Waals surface area contributed by atoms with Gasteiger partial charge in [0.15, 0.2) is 11.5 Å². The summed E-state index contributed by atoms with van der Waals surface area (Å²) in [7, 11) is 5.95. The molecule has 1 aliphatic rings. The van der Waals surface area contributed by atoms with Gasteiger partial charge in [0.1, 0.15) is 24.9 Å². The number of carbonyl (C=O) groups is 2. The van der Waals surface area contributed by atoms with Crippen molar-refractivity contribution in [2.45, 2.75) is 12.5 Å². The fraction of sp³-hybridized carbons (Fsp3) is 0.258. The Balaban J connectivity index is 1.36. The number of halogens is 1. The van der Waals surface area contributed by atoms with Gasteiger partial charge in [-0.05, 0) is 34.1 Å². The highest BCUT2D eigenvalue weighted by atomic mass is 35.5. The Morgan fingerprint density at radius 3 is 2.52 bits per heavy atom. The lowest BCUT2D eigenvalue weighted by Crippen LogP contribution is -2.30. The largest absolute Gasteiger partial charge is 0.493 e. The smallest absolute Gasteiger partial charge is 0.411 e. The van der Waals surface area contributed by atoms with Crippen molar-refractivity contribution < 1.29 is 33.5 Å². The topological polar surface area (TPSA) is 163 Å². The van der Waals surface area contributed by atoms with Gasteiger partial charge in [0.05, 0.1) is 44.4 Å². The molecular weight excluding hydrogens is 620 g/mol. The first-order chi connectivity index (χ1) is 22.2. The van der Waals surface area contributed by atoms with Gasteiger partial charge in [-0.15, -0.1) is 16.3 Å². The van der Waals surface area contributed by atoms with Crippen LogP contribution in [-0.2, 0) is 18.4 Å². The Morgan fingerprint density at radius 2 is 1.85 bits per heavy atom. The number of aromatic nitrogens is 3. The number of methoxy groups -OCH3 is 3. The van der Waals surface area contributed by atoms with E-state index in [-0.39, 0.29) is 35.7 Å². The van der Waals surface area contributed by atoms with E-state index in [2.05, 4.69) is 15.4 Å². The summed E-state index contributed by atoms with van der Waals surface area (Å²) in [6.45, 7) is -0.0589. The number of aromatic amines is 1. The highest BCUT2D eigenvalue weighted by molar-refractivity contribution is 6.20. The Morgan fingerprint density at radius 1 is 1.11 bits per heavy atom. The number of amides is 2. The monoisotopic (exact) mass is 648 g/mol. The normalized spacial score (nSPS) is 13.9. The minimum Gasteiger partial charge on any atom is -0.493 e. The van der Waals surface area contributed by atoms with Crippen molar-refractivity contribution in [3.8, 4) is 17.2 Å². The van der Waals surface area contributed by atoms with E-state index >= 15 is 0 Å². The second kappa shape index (κ2) is 12.1. The molecule has 0 spiro atoms. The first kappa shape index (κ1) is 30.5. The fourth-order valence-electron chi connectivity index (χ4n) is 5.98. The van der Waals surface area contributed by atoms with Crippen LogP contribution in [-0.4, -0.2) is 65.4 Å². The van der Waals surface area contributed by atoms with Crippen molar-refractivity contribution in [2.75, 3.05) is 44.0 Å². The molecule has 1 atom stereocenters. The highest BCUT2D eigenvalue weighted by Gasteiger charge is 2.36.